The second-order valence-corrected chi connectivity index (χ2v) is 7.12. The topological polar surface area (TPSA) is 62.8 Å². The lowest BCUT2D eigenvalue weighted by atomic mass is 10.1. The fourth-order valence-corrected chi connectivity index (χ4v) is 3.62. The number of anilines is 2. The number of rotatable bonds is 6. The molecule has 0 saturated carbocycles. The molecule has 6 nitrogen and oxygen atoms in total. The maximum Gasteiger partial charge on any atom is 0.319 e. The first-order valence-electron chi connectivity index (χ1n) is 9.41. The third-order valence-corrected chi connectivity index (χ3v) is 5.11. The van der Waals surface area contributed by atoms with Gasteiger partial charge in [0.25, 0.3) is 0 Å². The predicted molar refractivity (Wildman–Crippen MR) is 113 cm³/mol. The minimum absolute atomic E-state index is 0.295. The number of methoxy groups -OCH3 is 2. The lowest BCUT2D eigenvalue weighted by Crippen LogP contribution is -2.30. The molecule has 0 atom stereocenters. The summed E-state index contributed by atoms with van der Waals surface area (Å²) in [6.45, 7) is 2.42. The van der Waals surface area contributed by atoms with Crippen molar-refractivity contribution < 1.29 is 14.3 Å². The molecule has 1 fully saturated rings. The van der Waals surface area contributed by atoms with Crippen LogP contribution in [0.1, 0.15) is 24.8 Å². The van der Waals surface area contributed by atoms with Crippen LogP contribution in [-0.4, -0.2) is 33.3 Å². The lowest BCUT2D eigenvalue weighted by molar-refractivity contribution is 0.251. The molecule has 0 bridgehead atoms. The fourth-order valence-electron chi connectivity index (χ4n) is 3.32. The molecule has 0 radical (unpaired) electrons. The number of urea groups is 1. The Morgan fingerprint density at radius 2 is 1.79 bits per heavy atom. The van der Waals surface area contributed by atoms with Crippen LogP contribution in [-0.2, 0) is 6.54 Å². The first-order chi connectivity index (χ1) is 13.6. The third-order valence-electron chi connectivity index (χ3n) is 4.80. The molecule has 3 rings (SSSR count). The number of nitrogens with one attached hydrogen (secondary N) is 2. The number of ether oxygens (including phenoxy) is 2. The highest BCUT2D eigenvalue weighted by Crippen LogP contribution is 2.31. The number of carbonyl (C=O) groups is 1. The van der Waals surface area contributed by atoms with Crippen LogP contribution in [0, 0.1) is 0 Å². The van der Waals surface area contributed by atoms with Gasteiger partial charge in [0, 0.05) is 25.3 Å². The molecule has 0 aromatic heterocycles. The summed E-state index contributed by atoms with van der Waals surface area (Å²) in [5.41, 5.74) is 2.60. The summed E-state index contributed by atoms with van der Waals surface area (Å²) in [5, 5.41) is 6.31. The molecular formula is C21H26ClN3O3. The zero-order valence-electron chi connectivity index (χ0n) is 16.3. The maximum absolute atomic E-state index is 12.2. The number of amides is 2. The number of halogens is 1. The summed E-state index contributed by atoms with van der Waals surface area (Å²) in [7, 11) is 3.17. The fraction of sp³-hybridized carbons (Fsp3) is 0.381. The Morgan fingerprint density at radius 3 is 2.46 bits per heavy atom. The van der Waals surface area contributed by atoms with E-state index in [9.17, 15) is 4.79 Å². The monoisotopic (exact) mass is 403 g/mol. The van der Waals surface area contributed by atoms with Gasteiger partial charge in [-0.05, 0) is 55.2 Å². The van der Waals surface area contributed by atoms with Gasteiger partial charge in [0.1, 0.15) is 0 Å². The molecule has 2 aromatic carbocycles. The summed E-state index contributed by atoms with van der Waals surface area (Å²) < 4.78 is 10.5. The molecule has 28 heavy (non-hydrogen) atoms. The minimum atomic E-state index is -0.295. The quantitative estimate of drug-likeness (QED) is 0.735. The predicted octanol–water partition coefficient (Wildman–Crippen LogP) is 4.67. The van der Waals surface area contributed by atoms with Crippen LogP contribution in [0.2, 0.25) is 5.02 Å². The van der Waals surface area contributed by atoms with E-state index in [1.54, 1.807) is 20.3 Å². The molecule has 0 unspecified atom stereocenters. The van der Waals surface area contributed by atoms with Gasteiger partial charge in [0.2, 0.25) is 0 Å². The minimum Gasteiger partial charge on any atom is -0.493 e. The zero-order chi connectivity index (χ0) is 19.9. The second kappa shape index (κ2) is 9.55. The molecule has 2 N–H and O–H groups in total. The van der Waals surface area contributed by atoms with Crippen molar-refractivity contribution in [2.75, 3.05) is 37.5 Å². The van der Waals surface area contributed by atoms with Gasteiger partial charge in [0.15, 0.2) is 11.5 Å². The Bertz CT molecular complexity index is 823. The van der Waals surface area contributed by atoms with Gasteiger partial charge in [0.05, 0.1) is 24.9 Å². The largest absolute Gasteiger partial charge is 0.493 e. The molecule has 2 amide bonds. The first-order valence-corrected chi connectivity index (χ1v) is 9.79. The number of nitrogens with zero attached hydrogens (tertiary/aromatic N) is 1. The smallest absolute Gasteiger partial charge is 0.319 e. The van der Waals surface area contributed by atoms with E-state index in [1.807, 2.05) is 30.3 Å². The van der Waals surface area contributed by atoms with Crippen molar-refractivity contribution in [3.8, 4) is 11.5 Å². The first kappa shape index (κ1) is 20.1. The summed E-state index contributed by atoms with van der Waals surface area (Å²) in [4.78, 5) is 14.5. The van der Waals surface area contributed by atoms with Crippen LogP contribution in [0.5, 0.6) is 11.5 Å². The van der Waals surface area contributed by atoms with Crippen LogP contribution in [0.15, 0.2) is 36.4 Å². The van der Waals surface area contributed by atoms with Crippen molar-refractivity contribution in [3.05, 3.63) is 47.0 Å². The molecule has 2 aromatic rings. The molecular weight excluding hydrogens is 378 g/mol. The van der Waals surface area contributed by atoms with E-state index in [2.05, 4.69) is 15.5 Å². The Kier molecular flexibility index (Phi) is 6.87. The highest BCUT2D eigenvalue weighted by molar-refractivity contribution is 6.33. The van der Waals surface area contributed by atoms with Crippen LogP contribution in [0.3, 0.4) is 0 Å². The van der Waals surface area contributed by atoms with Crippen LogP contribution in [0.25, 0.3) is 0 Å². The summed E-state index contributed by atoms with van der Waals surface area (Å²) in [6.07, 6.45) is 3.65. The number of benzene rings is 2. The Balaban J connectivity index is 1.56. The molecule has 1 heterocycles. The molecule has 0 aliphatic carbocycles. The average Bonchev–Trinajstić information content (AvgIpc) is 2.72. The van der Waals surface area contributed by atoms with E-state index >= 15 is 0 Å². The van der Waals surface area contributed by atoms with Gasteiger partial charge in [-0.1, -0.05) is 17.7 Å². The highest BCUT2D eigenvalue weighted by Gasteiger charge is 2.14. The Hall–Kier alpha value is -2.60. The molecule has 150 valence electrons. The average molecular weight is 404 g/mol. The van der Waals surface area contributed by atoms with Crippen LogP contribution in [0.4, 0.5) is 16.2 Å². The van der Waals surface area contributed by atoms with E-state index in [0.29, 0.717) is 28.8 Å². The Labute approximate surface area is 170 Å². The van der Waals surface area contributed by atoms with Crippen LogP contribution < -0.4 is 25.0 Å². The van der Waals surface area contributed by atoms with E-state index in [0.717, 1.165) is 24.3 Å². The van der Waals surface area contributed by atoms with E-state index < -0.39 is 0 Å². The van der Waals surface area contributed by atoms with Crippen molar-refractivity contribution in [3.63, 3.8) is 0 Å². The van der Waals surface area contributed by atoms with Gasteiger partial charge < -0.3 is 25.0 Å². The number of hydrogen-bond acceptors (Lipinski definition) is 4. The van der Waals surface area contributed by atoms with E-state index in [-0.39, 0.29) is 6.03 Å². The maximum atomic E-state index is 12.2. The Morgan fingerprint density at radius 1 is 1.04 bits per heavy atom. The third kappa shape index (κ3) is 5.01. The van der Waals surface area contributed by atoms with Gasteiger partial charge in [-0.15, -0.1) is 0 Å². The zero-order valence-corrected chi connectivity index (χ0v) is 17.0. The normalized spacial score (nSPS) is 13.8. The van der Waals surface area contributed by atoms with Crippen molar-refractivity contribution in [2.45, 2.75) is 25.8 Å². The SMILES string of the molecule is COc1ccc(CNC(=O)Nc2ccc(N3CCCCC3)c(Cl)c2)cc1OC. The number of hydrogen-bond donors (Lipinski definition) is 2. The molecule has 1 aliphatic heterocycles. The second-order valence-electron chi connectivity index (χ2n) is 6.71. The summed E-state index contributed by atoms with van der Waals surface area (Å²) in [5.74, 6) is 1.28. The summed E-state index contributed by atoms with van der Waals surface area (Å²) in [6, 6.07) is 10.9. The molecule has 1 saturated heterocycles. The highest BCUT2D eigenvalue weighted by atomic mass is 35.5. The number of piperidine rings is 1. The van der Waals surface area contributed by atoms with Gasteiger partial charge in [-0.2, -0.15) is 0 Å². The molecule has 0 spiro atoms. The van der Waals surface area contributed by atoms with E-state index in [1.165, 1.54) is 19.3 Å². The van der Waals surface area contributed by atoms with Crippen molar-refractivity contribution in [1.82, 2.24) is 5.32 Å². The van der Waals surface area contributed by atoms with Gasteiger partial charge >= 0.3 is 6.03 Å². The van der Waals surface area contributed by atoms with Crippen molar-refractivity contribution in [2.24, 2.45) is 0 Å². The van der Waals surface area contributed by atoms with Crippen LogP contribution >= 0.6 is 11.6 Å². The van der Waals surface area contributed by atoms with Gasteiger partial charge in [-0.3, -0.25) is 0 Å². The molecule has 1 aliphatic rings. The van der Waals surface area contributed by atoms with Crippen molar-refractivity contribution in [1.29, 1.82) is 0 Å². The standard InChI is InChI=1S/C21H26ClN3O3/c1-27-19-9-6-15(12-20(19)28-2)14-23-21(26)24-16-7-8-18(17(22)13-16)25-10-4-3-5-11-25/h6-9,12-13H,3-5,10-11,14H2,1-2H3,(H2,23,24,26). The lowest BCUT2D eigenvalue weighted by Gasteiger charge is -2.29. The van der Waals surface area contributed by atoms with Gasteiger partial charge in [-0.25, -0.2) is 4.79 Å². The molecule has 7 heteroatoms. The van der Waals surface area contributed by atoms with Crippen molar-refractivity contribution >= 4 is 29.0 Å². The number of carbonyl (C=O) groups excluding carboxylic acids is 1. The summed E-state index contributed by atoms with van der Waals surface area (Å²) >= 11 is 6.44. The van der Waals surface area contributed by atoms with E-state index in [4.69, 9.17) is 21.1 Å².